The first-order valence-corrected chi connectivity index (χ1v) is 6.98. The molecule has 0 spiro atoms. The molecule has 0 aliphatic carbocycles. The normalized spacial score (nSPS) is 36.6. The molecule has 5 atom stereocenters. The molecular weight excluding hydrogens is 276 g/mol. The van der Waals surface area contributed by atoms with Gasteiger partial charge in [0.1, 0.15) is 24.4 Å². The van der Waals surface area contributed by atoms with Crippen molar-refractivity contribution < 1.29 is 29.9 Å². The standard InChI is InChI=1S/C15H22O6/c1-15(20-8-7-10-5-3-2-4-6-10)14(19)13(18)12(17)11(9-16)21-15/h2-6,11-14,16-19H,7-9H2,1H3/t11-,12-,13+,14-,15+/m1/s1. The lowest BCUT2D eigenvalue weighted by Crippen LogP contribution is -2.65. The first-order chi connectivity index (χ1) is 9.98. The van der Waals surface area contributed by atoms with E-state index in [9.17, 15) is 15.3 Å². The molecule has 118 valence electrons. The summed E-state index contributed by atoms with van der Waals surface area (Å²) in [5.74, 6) is -1.47. The predicted molar refractivity (Wildman–Crippen MR) is 74.5 cm³/mol. The number of ether oxygens (including phenoxy) is 2. The third-order valence-electron chi connectivity index (χ3n) is 3.78. The molecule has 0 unspecified atom stereocenters. The van der Waals surface area contributed by atoms with Crippen molar-refractivity contribution in [1.82, 2.24) is 0 Å². The Kier molecular flexibility index (Phi) is 5.32. The number of rotatable bonds is 5. The summed E-state index contributed by atoms with van der Waals surface area (Å²) in [7, 11) is 0. The van der Waals surface area contributed by atoms with Gasteiger partial charge in [-0.15, -0.1) is 0 Å². The lowest BCUT2D eigenvalue weighted by atomic mass is 9.93. The van der Waals surface area contributed by atoms with Gasteiger partial charge >= 0.3 is 0 Å². The van der Waals surface area contributed by atoms with Crippen LogP contribution < -0.4 is 0 Å². The first kappa shape index (κ1) is 16.4. The molecule has 0 saturated carbocycles. The van der Waals surface area contributed by atoms with Crippen LogP contribution in [-0.4, -0.2) is 63.8 Å². The summed E-state index contributed by atoms with van der Waals surface area (Å²) in [4.78, 5) is 0. The van der Waals surface area contributed by atoms with Crippen LogP contribution in [0.2, 0.25) is 0 Å². The summed E-state index contributed by atoms with van der Waals surface area (Å²) in [6.45, 7) is 1.29. The molecule has 1 heterocycles. The van der Waals surface area contributed by atoms with Crippen molar-refractivity contribution in [2.45, 2.75) is 43.5 Å². The highest BCUT2D eigenvalue weighted by molar-refractivity contribution is 5.14. The molecule has 1 aromatic carbocycles. The highest BCUT2D eigenvalue weighted by Gasteiger charge is 2.51. The van der Waals surface area contributed by atoms with E-state index in [1.165, 1.54) is 6.92 Å². The van der Waals surface area contributed by atoms with Crippen molar-refractivity contribution in [3.8, 4) is 0 Å². The Bertz CT molecular complexity index is 437. The number of aliphatic hydroxyl groups excluding tert-OH is 4. The summed E-state index contributed by atoms with van der Waals surface area (Å²) in [5, 5.41) is 38.7. The van der Waals surface area contributed by atoms with Gasteiger partial charge in [-0.25, -0.2) is 0 Å². The van der Waals surface area contributed by atoms with Crippen LogP contribution in [0.15, 0.2) is 30.3 Å². The second-order valence-corrected chi connectivity index (χ2v) is 5.36. The smallest absolute Gasteiger partial charge is 0.194 e. The zero-order chi connectivity index (χ0) is 15.5. The average Bonchev–Trinajstić information content (AvgIpc) is 2.50. The summed E-state index contributed by atoms with van der Waals surface area (Å²) < 4.78 is 11.0. The minimum absolute atomic E-state index is 0.276. The van der Waals surface area contributed by atoms with Crippen molar-refractivity contribution in [3.63, 3.8) is 0 Å². The lowest BCUT2D eigenvalue weighted by molar-refractivity contribution is -0.356. The van der Waals surface area contributed by atoms with Crippen LogP contribution in [0.5, 0.6) is 0 Å². The summed E-state index contributed by atoms with van der Waals surface area (Å²) in [5.41, 5.74) is 1.07. The minimum Gasteiger partial charge on any atom is -0.394 e. The van der Waals surface area contributed by atoms with Crippen LogP contribution >= 0.6 is 0 Å². The second kappa shape index (κ2) is 6.83. The highest BCUT2D eigenvalue weighted by atomic mass is 16.7. The Morgan fingerprint density at radius 1 is 1.14 bits per heavy atom. The predicted octanol–water partition coefficient (Wildman–Crippen LogP) is -0.564. The molecule has 0 amide bonds. The maximum absolute atomic E-state index is 10.0. The quantitative estimate of drug-likeness (QED) is 0.581. The van der Waals surface area contributed by atoms with Gasteiger partial charge < -0.3 is 29.9 Å². The van der Waals surface area contributed by atoms with E-state index in [0.717, 1.165) is 5.56 Å². The Morgan fingerprint density at radius 2 is 1.81 bits per heavy atom. The topological polar surface area (TPSA) is 99.4 Å². The molecule has 0 aromatic heterocycles. The van der Waals surface area contributed by atoms with Gasteiger partial charge in [-0.05, 0) is 18.9 Å². The van der Waals surface area contributed by atoms with E-state index in [1.807, 2.05) is 30.3 Å². The summed E-state index contributed by atoms with van der Waals surface area (Å²) in [6, 6.07) is 9.68. The van der Waals surface area contributed by atoms with Crippen molar-refractivity contribution in [3.05, 3.63) is 35.9 Å². The molecule has 1 aliphatic heterocycles. The Hall–Kier alpha value is -1.02. The van der Waals surface area contributed by atoms with E-state index in [2.05, 4.69) is 0 Å². The van der Waals surface area contributed by atoms with Crippen LogP contribution in [-0.2, 0) is 15.9 Å². The molecular formula is C15H22O6. The maximum Gasteiger partial charge on any atom is 0.194 e. The molecule has 1 fully saturated rings. The molecule has 1 aliphatic rings. The molecule has 0 radical (unpaired) electrons. The van der Waals surface area contributed by atoms with E-state index >= 15 is 0 Å². The molecule has 6 nitrogen and oxygen atoms in total. The third kappa shape index (κ3) is 3.60. The van der Waals surface area contributed by atoms with Crippen molar-refractivity contribution in [2.24, 2.45) is 0 Å². The van der Waals surface area contributed by atoms with E-state index in [0.29, 0.717) is 6.42 Å². The van der Waals surface area contributed by atoms with Gasteiger partial charge in [0.15, 0.2) is 5.79 Å². The first-order valence-electron chi connectivity index (χ1n) is 6.98. The van der Waals surface area contributed by atoms with Crippen LogP contribution in [0.1, 0.15) is 12.5 Å². The summed E-state index contributed by atoms with van der Waals surface area (Å²) in [6.07, 6.45) is -4.56. The average molecular weight is 298 g/mol. The number of aliphatic hydroxyl groups is 4. The second-order valence-electron chi connectivity index (χ2n) is 5.36. The van der Waals surface area contributed by atoms with Crippen LogP contribution in [0, 0.1) is 0 Å². The van der Waals surface area contributed by atoms with Gasteiger partial charge in [-0.1, -0.05) is 30.3 Å². The van der Waals surface area contributed by atoms with Gasteiger partial charge in [0.25, 0.3) is 0 Å². The molecule has 6 heteroatoms. The van der Waals surface area contributed by atoms with Crippen molar-refractivity contribution in [2.75, 3.05) is 13.2 Å². The summed E-state index contributed by atoms with van der Waals surface area (Å²) >= 11 is 0. The monoisotopic (exact) mass is 298 g/mol. The Labute approximate surface area is 123 Å². The van der Waals surface area contributed by atoms with Crippen LogP contribution in [0.3, 0.4) is 0 Å². The van der Waals surface area contributed by atoms with Crippen molar-refractivity contribution >= 4 is 0 Å². The Balaban J connectivity index is 1.96. The van der Waals surface area contributed by atoms with Gasteiger partial charge in [0.2, 0.25) is 0 Å². The fraction of sp³-hybridized carbons (Fsp3) is 0.600. The van der Waals surface area contributed by atoms with E-state index < -0.39 is 36.8 Å². The van der Waals surface area contributed by atoms with Gasteiger partial charge in [0.05, 0.1) is 13.2 Å². The molecule has 2 rings (SSSR count). The van der Waals surface area contributed by atoms with Gasteiger partial charge in [-0.2, -0.15) is 0 Å². The van der Waals surface area contributed by atoms with Gasteiger partial charge in [-0.3, -0.25) is 0 Å². The van der Waals surface area contributed by atoms with Crippen LogP contribution in [0.4, 0.5) is 0 Å². The largest absolute Gasteiger partial charge is 0.394 e. The highest BCUT2D eigenvalue weighted by Crippen LogP contribution is 2.31. The molecule has 0 bridgehead atoms. The van der Waals surface area contributed by atoms with Crippen molar-refractivity contribution in [1.29, 1.82) is 0 Å². The number of hydrogen-bond donors (Lipinski definition) is 4. The molecule has 4 N–H and O–H groups in total. The number of benzene rings is 1. The van der Waals surface area contributed by atoms with E-state index in [-0.39, 0.29) is 6.61 Å². The third-order valence-corrected chi connectivity index (χ3v) is 3.78. The molecule has 1 aromatic rings. The SMILES string of the molecule is C[C@]1(OCCc2ccccc2)O[C@H](CO)[C@@H](O)[C@H](O)[C@H]1O. The minimum atomic E-state index is -1.47. The molecule has 21 heavy (non-hydrogen) atoms. The van der Waals surface area contributed by atoms with Crippen LogP contribution in [0.25, 0.3) is 0 Å². The lowest BCUT2D eigenvalue weighted by Gasteiger charge is -2.46. The maximum atomic E-state index is 10.0. The van der Waals surface area contributed by atoms with E-state index in [1.54, 1.807) is 0 Å². The fourth-order valence-electron chi connectivity index (χ4n) is 2.44. The zero-order valence-electron chi connectivity index (χ0n) is 11.9. The fourth-order valence-corrected chi connectivity index (χ4v) is 2.44. The molecule has 1 saturated heterocycles. The zero-order valence-corrected chi connectivity index (χ0v) is 11.9. The Morgan fingerprint density at radius 3 is 2.43 bits per heavy atom. The van der Waals surface area contributed by atoms with E-state index in [4.69, 9.17) is 14.6 Å². The van der Waals surface area contributed by atoms with Gasteiger partial charge in [0, 0.05) is 0 Å². The number of hydrogen-bond acceptors (Lipinski definition) is 6.